The molecular formula is C15H20O2. The minimum absolute atomic E-state index is 0.114. The third-order valence-electron chi connectivity index (χ3n) is 4.14. The Balaban J connectivity index is 2.47. The van der Waals surface area contributed by atoms with Crippen molar-refractivity contribution < 1.29 is 9.90 Å². The van der Waals surface area contributed by atoms with Crippen LogP contribution in [-0.2, 0) is 4.79 Å². The molecule has 0 unspecified atom stereocenters. The van der Waals surface area contributed by atoms with Crippen molar-refractivity contribution in [2.75, 3.05) is 0 Å². The van der Waals surface area contributed by atoms with E-state index in [4.69, 9.17) is 0 Å². The van der Waals surface area contributed by atoms with Crippen molar-refractivity contribution in [2.24, 2.45) is 11.3 Å². The van der Waals surface area contributed by atoms with Gasteiger partial charge in [-0.2, -0.15) is 0 Å². The average molecular weight is 232 g/mol. The smallest absolute Gasteiger partial charge is 0.307 e. The van der Waals surface area contributed by atoms with Gasteiger partial charge in [-0.25, -0.2) is 0 Å². The standard InChI is InChI=1S/C15H20O2/c1-8-6-9(2)11(10(3)7-8)12-13(14(16)17)15(12,4)5/h6-7,12-13H,1-5H3,(H,16,17)/t12-,13+/m1/s1. The molecule has 0 aliphatic heterocycles. The summed E-state index contributed by atoms with van der Waals surface area (Å²) in [6.07, 6.45) is 0. The second-order valence-electron chi connectivity index (χ2n) is 5.93. The summed E-state index contributed by atoms with van der Waals surface area (Å²) in [5.41, 5.74) is 4.83. The van der Waals surface area contributed by atoms with E-state index in [1.807, 2.05) is 0 Å². The van der Waals surface area contributed by atoms with Gasteiger partial charge in [0, 0.05) is 5.92 Å². The van der Waals surface area contributed by atoms with Crippen LogP contribution in [-0.4, -0.2) is 11.1 Å². The highest BCUT2D eigenvalue weighted by atomic mass is 16.4. The summed E-state index contributed by atoms with van der Waals surface area (Å²) in [5, 5.41) is 9.26. The topological polar surface area (TPSA) is 37.3 Å². The van der Waals surface area contributed by atoms with E-state index >= 15 is 0 Å². The molecule has 17 heavy (non-hydrogen) atoms. The Morgan fingerprint density at radius 2 is 1.65 bits per heavy atom. The lowest BCUT2D eigenvalue weighted by Crippen LogP contribution is -2.03. The first kappa shape index (κ1) is 12.2. The van der Waals surface area contributed by atoms with Crippen molar-refractivity contribution in [3.63, 3.8) is 0 Å². The van der Waals surface area contributed by atoms with Crippen molar-refractivity contribution in [2.45, 2.75) is 40.5 Å². The lowest BCUT2D eigenvalue weighted by Gasteiger charge is -2.12. The highest BCUT2D eigenvalue weighted by Crippen LogP contribution is 2.65. The zero-order valence-electron chi connectivity index (χ0n) is 11.2. The van der Waals surface area contributed by atoms with Crippen LogP contribution >= 0.6 is 0 Å². The highest BCUT2D eigenvalue weighted by Gasteiger charge is 2.63. The Morgan fingerprint density at radius 3 is 2.00 bits per heavy atom. The van der Waals surface area contributed by atoms with Crippen molar-refractivity contribution in [3.8, 4) is 0 Å². The van der Waals surface area contributed by atoms with Crippen LogP contribution in [0.4, 0.5) is 0 Å². The Kier molecular flexibility index (Phi) is 2.57. The first-order valence-corrected chi connectivity index (χ1v) is 6.07. The molecule has 1 aliphatic rings. The van der Waals surface area contributed by atoms with E-state index in [1.165, 1.54) is 22.3 Å². The van der Waals surface area contributed by atoms with Crippen LogP contribution in [0.25, 0.3) is 0 Å². The summed E-state index contributed by atoms with van der Waals surface area (Å²) in [5.74, 6) is -0.734. The fourth-order valence-electron chi connectivity index (χ4n) is 3.32. The van der Waals surface area contributed by atoms with Gasteiger partial charge in [-0.05, 0) is 42.9 Å². The van der Waals surface area contributed by atoms with E-state index in [0.717, 1.165) is 0 Å². The molecule has 0 bridgehead atoms. The van der Waals surface area contributed by atoms with Crippen LogP contribution in [0.1, 0.15) is 42.0 Å². The van der Waals surface area contributed by atoms with E-state index in [-0.39, 0.29) is 17.3 Å². The van der Waals surface area contributed by atoms with Gasteiger partial charge in [-0.15, -0.1) is 0 Å². The van der Waals surface area contributed by atoms with Crippen LogP contribution < -0.4 is 0 Å². The van der Waals surface area contributed by atoms with Gasteiger partial charge < -0.3 is 5.11 Å². The van der Waals surface area contributed by atoms with Gasteiger partial charge in [-0.3, -0.25) is 4.79 Å². The largest absolute Gasteiger partial charge is 0.481 e. The monoisotopic (exact) mass is 232 g/mol. The van der Waals surface area contributed by atoms with Gasteiger partial charge in [-0.1, -0.05) is 31.5 Å². The van der Waals surface area contributed by atoms with Gasteiger partial charge in [0.05, 0.1) is 5.92 Å². The SMILES string of the molecule is Cc1cc(C)c([C@@H]2[C@@H](C(=O)O)C2(C)C)c(C)c1. The number of rotatable bonds is 2. The maximum atomic E-state index is 11.3. The van der Waals surface area contributed by atoms with Crippen molar-refractivity contribution in [1.29, 1.82) is 0 Å². The molecule has 2 heteroatoms. The molecule has 1 aromatic carbocycles. The molecule has 0 spiro atoms. The third-order valence-corrected chi connectivity index (χ3v) is 4.14. The average Bonchev–Trinajstić information content (AvgIpc) is 2.67. The summed E-state index contributed by atoms with van der Waals surface area (Å²) >= 11 is 0. The van der Waals surface area contributed by atoms with Gasteiger partial charge in [0.2, 0.25) is 0 Å². The molecule has 1 saturated carbocycles. The Bertz CT molecular complexity index is 463. The molecule has 0 aromatic heterocycles. The molecule has 1 N–H and O–H groups in total. The van der Waals surface area contributed by atoms with Crippen molar-refractivity contribution >= 4 is 5.97 Å². The lowest BCUT2D eigenvalue weighted by molar-refractivity contribution is -0.139. The minimum atomic E-state index is -0.667. The number of aryl methyl sites for hydroxylation is 3. The number of carbonyl (C=O) groups is 1. The van der Waals surface area contributed by atoms with Crippen molar-refractivity contribution in [1.82, 2.24) is 0 Å². The number of carboxylic acid groups (broad SMARTS) is 1. The van der Waals surface area contributed by atoms with Crippen LogP contribution in [0.5, 0.6) is 0 Å². The molecule has 2 nitrogen and oxygen atoms in total. The van der Waals surface area contributed by atoms with Gasteiger partial charge in [0.15, 0.2) is 0 Å². The van der Waals surface area contributed by atoms with E-state index < -0.39 is 5.97 Å². The number of benzene rings is 1. The maximum Gasteiger partial charge on any atom is 0.307 e. The van der Waals surface area contributed by atoms with E-state index in [2.05, 4.69) is 46.8 Å². The molecule has 1 aliphatic carbocycles. The molecule has 2 atom stereocenters. The third kappa shape index (κ3) is 1.76. The minimum Gasteiger partial charge on any atom is -0.481 e. The first-order valence-electron chi connectivity index (χ1n) is 6.07. The summed E-state index contributed by atoms with van der Waals surface area (Å²) in [6, 6.07) is 4.30. The zero-order valence-corrected chi connectivity index (χ0v) is 11.2. The van der Waals surface area contributed by atoms with Gasteiger partial charge >= 0.3 is 5.97 Å². The van der Waals surface area contributed by atoms with Crippen molar-refractivity contribution in [3.05, 3.63) is 34.4 Å². The fourth-order valence-corrected chi connectivity index (χ4v) is 3.32. The maximum absolute atomic E-state index is 11.3. The van der Waals surface area contributed by atoms with Crippen LogP contribution in [0.15, 0.2) is 12.1 Å². The predicted molar refractivity (Wildman–Crippen MR) is 68.3 cm³/mol. The van der Waals surface area contributed by atoms with Gasteiger partial charge in [0.25, 0.3) is 0 Å². The summed E-state index contributed by atoms with van der Waals surface area (Å²) in [6.45, 7) is 10.4. The molecule has 92 valence electrons. The van der Waals surface area contributed by atoms with Gasteiger partial charge in [0.1, 0.15) is 0 Å². The molecule has 1 fully saturated rings. The van der Waals surface area contributed by atoms with E-state index in [1.54, 1.807) is 0 Å². The summed E-state index contributed by atoms with van der Waals surface area (Å²) in [4.78, 5) is 11.3. The number of hydrogen-bond donors (Lipinski definition) is 1. The first-order chi connectivity index (χ1) is 7.76. The number of aliphatic carboxylic acids is 1. The Hall–Kier alpha value is -1.31. The fraction of sp³-hybridized carbons (Fsp3) is 0.533. The number of hydrogen-bond acceptors (Lipinski definition) is 1. The molecule has 0 radical (unpaired) electrons. The molecule has 1 aromatic rings. The molecule has 0 amide bonds. The van der Waals surface area contributed by atoms with Crippen LogP contribution in [0.3, 0.4) is 0 Å². The second kappa shape index (κ2) is 3.59. The quantitative estimate of drug-likeness (QED) is 0.848. The van der Waals surface area contributed by atoms with Crippen LogP contribution in [0, 0.1) is 32.1 Å². The second-order valence-corrected chi connectivity index (χ2v) is 5.93. The zero-order chi connectivity index (χ0) is 13.0. The molecular weight excluding hydrogens is 212 g/mol. The number of carboxylic acids is 1. The predicted octanol–water partition coefficient (Wildman–Crippen LogP) is 3.44. The van der Waals surface area contributed by atoms with E-state index in [0.29, 0.717) is 0 Å². The van der Waals surface area contributed by atoms with Crippen LogP contribution in [0.2, 0.25) is 0 Å². The Morgan fingerprint density at radius 1 is 1.18 bits per heavy atom. The molecule has 2 rings (SSSR count). The molecule has 0 heterocycles. The summed E-state index contributed by atoms with van der Waals surface area (Å²) < 4.78 is 0. The lowest BCUT2D eigenvalue weighted by atomic mass is 9.93. The molecule has 0 saturated heterocycles. The Labute approximate surface area is 103 Å². The highest BCUT2D eigenvalue weighted by molar-refractivity contribution is 5.78. The normalized spacial score (nSPS) is 25.7. The summed E-state index contributed by atoms with van der Waals surface area (Å²) in [7, 11) is 0. The van der Waals surface area contributed by atoms with E-state index in [9.17, 15) is 9.90 Å².